The van der Waals surface area contributed by atoms with Gasteiger partial charge in [0.1, 0.15) is 17.7 Å². The number of nitrogens with one attached hydrogen (secondary N) is 2. The first-order valence-electron chi connectivity index (χ1n) is 14.4. The molecule has 0 fully saturated rings. The topological polar surface area (TPSA) is 87.7 Å². The lowest BCUT2D eigenvalue weighted by Crippen LogP contribution is -2.54. The van der Waals surface area contributed by atoms with Crippen LogP contribution in [0.15, 0.2) is 66.7 Å². The van der Waals surface area contributed by atoms with Gasteiger partial charge in [-0.05, 0) is 88.8 Å². The van der Waals surface area contributed by atoms with Gasteiger partial charge in [-0.15, -0.1) is 0 Å². The van der Waals surface area contributed by atoms with Crippen LogP contribution in [0.3, 0.4) is 0 Å². The molecule has 41 heavy (non-hydrogen) atoms. The number of fused-ring (bicyclic) bond motifs is 1. The van der Waals surface area contributed by atoms with Crippen LogP contribution in [0.4, 0.5) is 10.5 Å². The molecule has 0 aliphatic rings. The predicted octanol–water partition coefficient (Wildman–Crippen LogP) is 7.39. The number of aryl methyl sites for hydroxylation is 1. The lowest BCUT2D eigenvalue weighted by molar-refractivity contribution is -0.143. The first-order valence-corrected chi connectivity index (χ1v) is 14.4. The minimum absolute atomic E-state index is 0.276. The van der Waals surface area contributed by atoms with Crippen LogP contribution in [0.1, 0.15) is 78.5 Å². The molecule has 2 N–H and O–H groups in total. The molecule has 0 radical (unpaired) electrons. The molecule has 7 nitrogen and oxygen atoms in total. The maximum absolute atomic E-state index is 14.1. The number of hydrogen-bond acceptors (Lipinski definition) is 4. The van der Waals surface area contributed by atoms with E-state index >= 15 is 0 Å². The average Bonchev–Trinajstić information content (AvgIpc) is 2.89. The second-order valence-electron chi connectivity index (χ2n) is 12.3. The van der Waals surface area contributed by atoms with Gasteiger partial charge in [-0.1, -0.05) is 74.0 Å². The molecule has 0 aromatic heterocycles. The van der Waals surface area contributed by atoms with Crippen LogP contribution in [-0.2, 0) is 14.3 Å². The summed E-state index contributed by atoms with van der Waals surface area (Å²) in [7, 11) is 0. The Morgan fingerprint density at radius 3 is 2.10 bits per heavy atom. The Morgan fingerprint density at radius 2 is 1.49 bits per heavy atom. The van der Waals surface area contributed by atoms with E-state index in [-0.39, 0.29) is 17.9 Å². The first-order chi connectivity index (χ1) is 19.2. The van der Waals surface area contributed by atoms with E-state index in [1.807, 2.05) is 80.6 Å². The second kappa shape index (κ2) is 13.7. The molecule has 3 aromatic carbocycles. The number of carbonyl (C=O) groups is 3. The molecule has 220 valence electrons. The number of ether oxygens (including phenoxy) is 1. The van der Waals surface area contributed by atoms with Crippen molar-refractivity contribution < 1.29 is 19.1 Å². The normalized spacial score (nSPS) is 13.8. The fraction of sp³-hybridized carbons (Fsp3) is 0.441. The van der Waals surface area contributed by atoms with Crippen molar-refractivity contribution in [3.63, 3.8) is 0 Å². The van der Waals surface area contributed by atoms with Crippen molar-refractivity contribution >= 4 is 34.4 Å². The predicted molar refractivity (Wildman–Crippen MR) is 166 cm³/mol. The zero-order chi connectivity index (χ0) is 30.3. The van der Waals surface area contributed by atoms with Gasteiger partial charge in [0.05, 0.1) is 0 Å². The standard InChI is InChI=1S/C34H45N3O4/c1-22(2)13-16-24(4)37(32(39)25(5)35-33(40)41-34(6,7)8)30(27-17-14-23(3)15-18-27)31(38)36-29-20-19-26-11-9-10-12-28(26)21-29/h9-12,14-15,17-22,24-25,30H,13,16H2,1-8H3,(H,35,40)(H,36,38). The Morgan fingerprint density at radius 1 is 0.854 bits per heavy atom. The molecule has 3 amide bonds. The number of amides is 3. The molecule has 0 spiro atoms. The third kappa shape index (κ3) is 9.07. The SMILES string of the molecule is Cc1ccc(C(C(=O)Nc2ccc3ccccc3c2)N(C(=O)C(C)NC(=O)OC(C)(C)C)C(C)CCC(C)C)cc1. The summed E-state index contributed by atoms with van der Waals surface area (Å²) < 4.78 is 5.40. The zero-order valence-corrected chi connectivity index (χ0v) is 25.7. The van der Waals surface area contributed by atoms with E-state index in [1.165, 1.54) is 0 Å². The monoisotopic (exact) mass is 559 g/mol. The molecule has 0 aliphatic heterocycles. The Hall–Kier alpha value is -3.87. The fourth-order valence-corrected chi connectivity index (χ4v) is 4.75. The summed E-state index contributed by atoms with van der Waals surface area (Å²) in [6, 6.07) is 19.3. The van der Waals surface area contributed by atoms with Gasteiger partial charge in [-0.2, -0.15) is 0 Å². The van der Waals surface area contributed by atoms with Gasteiger partial charge < -0.3 is 20.3 Å². The number of hydrogen-bond donors (Lipinski definition) is 2. The molecule has 0 aliphatic carbocycles. The number of alkyl carbamates (subject to hydrolysis) is 1. The van der Waals surface area contributed by atoms with Gasteiger partial charge in [0, 0.05) is 11.7 Å². The molecular weight excluding hydrogens is 514 g/mol. The summed E-state index contributed by atoms with van der Waals surface area (Å²) in [6.07, 6.45) is 0.903. The largest absolute Gasteiger partial charge is 0.444 e. The third-order valence-corrected chi connectivity index (χ3v) is 6.93. The molecule has 0 saturated carbocycles. The van der Waals surface area contributed by atoms with E-state index in [0.29, 0.717) is 23.6 Å². The summed E-state index contributed by atoms with van der Waals surface area (Å²) >= 11 is 0. The molecule has 0 bridgehead atoms. The van der Waals surface area contributed by atoms with Gasteiger partial charge in [-0.25, -0.2) is 4.79 Å². The quantitative estimate of drug-likeness (QED) is 0.271. The van der Waals surface area contributed by atoms with Crippen molar-refractivity contribution in [2.24, 2.45) is 5.92 Å². The Kier molecular flexibility index (Phi) is 10.5. The van der Waals surface area contributed by atoms with Crippen molar-refractivity contribution in [1.82, 2.24) is 10.2 Å². The van der Waals surface area contributed by atoms with Crippen molar-refractivity contribution in [2.45, 2.75) is 92.0 Å². The number of anilines is 1. The van der Waals surface area contributed by atoms with Crippen LogP contribution in [0.5, 0.6) is 0 Å². The third-order valence-electron chi connectivity index (χ3n) is 6.93. The van der Waals surface area contributed by atoms with Crippen molar-refractivity contribution in [3.8, 4) is 0 Å². The van der Waals surface area contributed by atoms with E-state index in [0.717, 1.165) is 22.8 Å². The van der Waals surface area contributed by atoms with Gasteiger partial charge in [0.25, 0.3) is 5.91 Å². The van der Waals surface area contributed by atoms with Crippen LogP contribution in [0.2, 0.25) is 0 Å². The lowest BCUT2D eigenvalue weighted by Gasteiger charge is -2.38. The van der Waals surface area contributed by atoms with Gasteiger partial charge in [0.2, 0.25) is 5.91 Å². The fourth-order valence-electron chi connectivity index (χ4n) is 4.75. The van der Waals surface area contributed by atoms with Crippen LogP contribution in [0, 0.1) is 12.8 Å². The van der Waals surface area contributed by atoms with Crippen molar-refractivity contribution in [2.75, 3.05) is 5.32 Å². The van der Waals surface area contributed by atoms with E-state index in [4.69, 9.17) is 4.74 Å². The summed E-state index contributed by atoms with van der Waals surface area (Å²) in [5.74, 6) is -0.249. The first kappa shape index (κ1) is 31.7. The molecule has 3 atom stereocenters. The highest BCUT2D eigenvalue weighted by Crippen LogP contribution is 2.29. The van der Waals surface area contributed by atoms with Crippen LogP contribution in [-0.4, -0.2) is 40.5 Å². The van der Waals surface area contributed by atoms with Gasteiger partial charge >= 0.3 is 6.09 Å². The van der Waals surface area contributed by atoms with Crippen LogP contribution >= 0.6 is 0 Å². The molecule has 0 heterocycles. The smallest absolute Gasteiger partial charge is 0.408 e. The minimum Gasteiger partial charge on any atom is -0.444 e. The number of rotatable bonds is 10. The summed E-state index contributed by atoms with van der Waals surface area (Å²) in [5.41, 5.74) is 1.69. The van der Waals surface area contributed by atoms with Gasteiger partial charge in [-0.3, -0.25) is 9.59 Å². The number of benzene rings is 3. The zero-order valence-electron chi connectivity index (χ0n) is 25.7. The summed E-state index contributed by atoms with van der Waals surface area (Å²) in [4.78, 5) is 42.4. The van der Waals surface area contributed by atoms with Crippen molar-refractivity contribution in [1.29, 1.82) is 0 Å². The highest BCUT2D eigenvalue weighted by Gasteiger charge is 2.37. The molecule has 3 rings (SSSR count). The number of carbonyl (C=O) groups excluding carboxylic acids is 3. The maximum Gasteiger partial charge on any atom is 0.408 e. The molecule has 7 heteroatoms. The van der Waals surface area contributed by atoms with Crippen LogP contribution in [0.25, 0.3) is 10.8 Å². The Bertz CT molecular complexity index is 1340. The summed E-state index contributed by atoms with van der Waals surface area (Å²) in [5, 5.41) is 7.82. The van der Waals surface area contributed by atoms with Crippen LogP contribution < -0.4 is 10.6 Å². The second-order valence-corrected chi connectivity index (χ2v) is 12.3. The maximum atomic E-state index is 14.1. The Balaban J connectivity index is 2.01. The molecule has 0 saturated heterocycles. The molecule has 3 unspecified atom stereocenters. The highest BCUT2D eigenvalue weighted by molar-refractivity contribution is 6.00. The van der Waals surface area contributed by atoms with E-state index < -0.39 is 23.8 Å². The van der Waals surface area contributed by atoms with E-state index in [1.54, 1.807) is 32.6 Å². The lowest BCUT2D eigenvalue weighted by atomic mass is 9.96. The van der Waals surface area contributed by atoms with E-state index in [2.05, 4.69) is 24.5 Å². The Labute approximate surface area is 244 Å². The average molecular weight is 560 g/mol. The van der Waals surface area contributed by atoms with Crippen molar-refractivity contribution in [3.05, 3.63) is 77.9 Å². The molecule has 3 aromatic rings. The summed E-state index contributed by atoms with van der Waals surface area (Å²) in [6.45, 7) is 15.1. The van der Waals surface area contributed by atoms with E-state index in [9.17, 15) is 14.4 Å². The number of nitrogens with zero attached hydrogens (tertiary/aromatic N) is 1. The minimum atomic E-state index is -0.917. The van der Waals surface area contributed by atoms with Gasteiger partial charge in [0.15, 0.2) is 0 Å². The highest BCUT2D eigenvalue weighted by atomic mass is 16.6. The molecular formula is C34H45N3O4.